The first-order chi connectivity index (χ1) is 13.7. The number of anilines is 2. The number of aromatic nitrogens is 1. The van der Waals surface area contributed by atoms with E-state index in [4.69, 9.17) is 5.73 Å². The number of carbonyl (C=O) groups is 1. The van der Waals surface area contributed by atoms with Crippen LogP contribution in [-0.4, -0.2) is 19.3 Å². The number of carbonyl (C=O) groups excluding carboxylic acids is 1. The molecule has 0 bridgehead atoms. The van der Waals surface area contributed by atoms with Crippen LogP contribution in [0.4, 0.5) is 20.3 Å². The Morgan fingerprint density at radius 3 is 2.48 bits per heavy atom. The van der Waals surface area contributed by atoms with Crippen molar-refractivity contribution >= 4 is 27.4 Å². The highest BCUT2D eigenvalue weighted by Gasteiger charge is 2.16. The van der Waals surface area contributed by atoms with Gasteiger partial charge in [-0.25, -0.2) is 22.2 Å². The van der Waals surface area contributed by atoms with Crippen LogP contribution in [0.2, 0.25) is 0 Å². The lowest BCUT2D eigenvalue weighted by Gasteiger charge is -2.10. The number of nitrogens with one attached hydrogen (secondary N) is 2. The normalized spacial score (nSPS) is 11.1. The van der Waals surface area contributed by atoms with E-state index in [9.17, 15) is 22.0 Å². The number of hydrogen-bond acceptors (Lipinski definition) is 5. The highest BCUT2D eigenvalue weighted by Crippen LogP contribution is 2.19. The molecule has 0 fully saturated rings. The molecule has 0 saturated carbocycles. The second-order valence-corrected chi connectivity index (χ2v) is 7.71. The molecule has 29 heavy (non-hydrogen) atoms. The molecule has 150 valence electrons. The van der Waals surface area contributed by atoms with Gasteiger partial charge in [-0.1, -0.05) is 12.1 Å². The summed E-state index contributed by atoms with van der Waals surface area (Å²) >= 11 is 0. The molecule has 0 aliphatic rings. The monoisotopic (exact) mass is 418 g/mol. The average molecular weight is 418 g/mol. The molecular formula is C19H16F2N4O3S. The van der Waals surface area contributed by atoms with Crippen LogP contribution in [-0.2, 0) is 16.6 Å². The maximum absolute atomic E-state index is 13.2. The fraction of sp³-hybridized carbons (Fsp3) is 0.0526. The van der Waals surface area contributed by atoms with Crippen molar-refractivity contribution in [1.82, 2.24) is 4.98 Å². The van der Waals surface area contributed by atoms with Crippen LogP contribution in [0.15, 0.2) is 65.7 Å². The first-order valence-electron chi connectivity index (χ1n) is 8.31. The minimum atomic E-state index is -4.02. The fourth-order valence-corrected chi connectivity index (χ4v) is 3.44. The van der Waals surface area contributed by atoms with Gasteiger partial charge < -0.3 is 11.1 Å². The Kier molecular flexibility index (Phi) is 5.74. The summed E-state index contributed by atoms with van der Waals surface area (Å²) in [6, 6.07) is 12.2. The fourth-order valence-electron chi connectivity index (χ4n) is 2.44. The Bertz CT molecular complexity index is 1150. The predicted octanol–water partition coefficient (Wildman–Crippen LogP) is 2.87. The number of rotatable bonds is 7. The molecule has 0 unspecified atom stereocenters. The van der Waals surface area contributed by atoms with E-state index >= 15 is 0 Å². The lowest BCUT2D eigenvalue weighted by atomic mass is 10.1. The van der Waals surface area contributed by atoms with Crippen molar-refractivity contribution in [1.29, 1.82) is 0 Å². The summed E-state index contributed by atoms with van der Waals surface area (Å²) in [5, 5.41) is 3.00. The molecule has 3 rings (SSSR count). The second-order valence-electron chi connectivity index (χ2n) is 6.03. The summed E-state index contributed by atoms with van der Waals surface area (Å²) in [6.45, 7) is 0.341. The zero-order valence-corrected chi connectivity index (χ0v) is 15.7. The molecule has 4 N–H and O–H groups in total. The molecule has 0 aliphatic carbocycles. The van der Waals surface area contributed by atoms with Gasteiger partial charge in [0.1, 0.15) is 10.7 Å². The zero-order valence-electron chi connectivity index (χ0n) is 14.9. The third-order valence-electron chi connectivity index (χ3n) is 3.90. The zero-order chi connectivity index (χ0) is 21.0. The first-order valence-corrected chi connectivity index (χ1v) is 9.79. The number of nitrogens with two attached hydrogens (primary N) is 1. The van der Waals surface area contributed by atoms with Crippen molar-refractivity contribution in [2.24, 2.45) is 5.73 Å². The SMILES string of the molecule is NC(=O)c1cccc(CNc2ccc(S(=O)(=O)Nc3ccc(F)c(F)c3)cn2)c1. The first kappa shape index (κ1) is 20.2. The van der Waals surface area contributed by atoms with E-state index in [2.05, 4.69) is 15.0 Å². The topological polar surface area (TPSA) is 114 Å². The molecule has 10 heteroatoms. The summed E-state index contributed by atoms with van der Waals surface area (Å²) in [5.41, 5.74) is 6.30. The van der Waals surface area contributed by atoms with Crippen LogP contribution in [0.5, 0.6) is 0 Å². The molecule has 0 atom stereocenters. The number of halogens is 2. The van der Waals surface area contributed by atoms with E-state index in [1.165, 1.54) is 12.1 Å². The maximum atomic E-state index is 13.2. The number of nitrogens with zero attached hydrogens (tertiary/aromatic N) is 1. The number of hydrogen-bond donors (Lipinski definition) is 3. The van der Waals surface area contributed by atoms with Crippen molar-refractivity contribution in [2.75, 3.05) is 10.0 Å². The number of amides is 1. The highest BCUT2D eigenvalue weighted by atomic mass is 32.2. The van der Waals surface area contributed by atoms with Crippen LogP contribution < -0.4 is 15.8 Å². The van der Waals surface area contributed by atoms with Crippen molar-refractivity contribution in [3.05, 3.63) is 83.6 Å². The summed E-state index contributed by atoms with van der Waals surface area (Å²) < 4.78 is 53.1. The van der Waals surface area contributed by atoms with Crippen LogP contribution in [0.3, 0.4) is 0 Å². The number of pyridine rings is 1. The molecule has 1 amide bonds. The van der Waals surface area contributed by atoms with Crippen molar-refractivity contribution in [3.8, 4) is 0 Å². The van der Waals surface area contributed by atoms with E-state index in [1.807, 2.05) is 0 Å². The van der Waals surface area contributed by atoms with E-state index in [1.54, 1.807) is 24.3 Å². The van der Waals surface area contributed by atoms with Gasteiger partial charge in [-0.2, -0.15) is 0 Å². The Morgan fingerprint density at radius 1 is 1.03 bits per heavy atom. The largest absolute Gasteiger partial charge is 0.366 e. The molecule has 1 heterocycles. The minimum Gasteiger partial charge on any atom is -0.366 e. The van der Waals surface area contributed by atoms with Gasteiger partial charge in [-0.15, -0.1) is 0 Å². The van der Waals surface area contributed by atoms with Crippen LogP contribution >= 0.6 is 0 Å². The van der Waals surface area contributed by atoms with Crippen LogP contribution in [0.1, 0.15) is 15.9 Å². The third kappa shape index (κ3) is 5.05. The second kappa shape index (κ2) is 8.23. The Balaban J connectivity index is 1.68. The van der Waals surface area contributed by atoms with Crippen molar-refractivity contribution < 1.29 is 22.0 Å². The van der Waals surface area contributed by atoms with E-state index < -0.39 is 27.6 Å². The summed E-state index contributed by atoms with van der Waals surface area (Å²) in [7, 11) is -4.02. The number of benzene rings is 2. The van der Waals surface area contributed by atoms with E-state index in [0.717, 1.165) is 30.0 Å². The van der Waals surface area contributed by atoms with Crippen LogP contribution in [0.25, 0.3) is 0 Å². The van der Waals surface area contributed by atoms with Gasteiger partial charge in [-0.05, 0) is 42.0 Å². The molecule has 0 spiro atoms. The molecule has 7 nitrogen and oxygen atoms in total. The summed E-state index contributed by atoms with van der Waals surface area (Å²) in [4.78, 5) is 15.1. The van der Waals surface area contributed by atoms with Gasteiger partial charge in [0.2, 0.25) is 5.91 Å². The van der Waals surface area contributed by atoms with Gasteiger partial charge >= 0.3 is 0 Å². The van der Waals surface area contributed by atoms with Gasteiger partial charge in [0, 0.05) is 24.4 Å². The molecule has 1 aromatic heterocycles. The quantitative estimate of drug-likeness (QED) is 0.546. The summed E-state index contributed by atoms with van der Waals surface area (Å²) in [5.74, 6) is -2.37. The van der Waals surface area contributed by atoms with Gasteiger partial charge in [-0.3, -0.25) is 9.52 Å². The lowest BCUT2D eigenvalue weighted by Crippen LogP contribution is -2.14. The van der Waals surface area contributed by atoms with Crippen molar-refractivity contribution in [3.63, 3.8) is 0 Å². The predicted molar refractivity (Wildman–Crippen MR) is 104 cm³/mol. The molecule has 0 saturated heterocycles. The Labute approximate surface area is 165 Å². The molecule has 3 aromatic rings. The van der Waals surface area contributed by atoms with Gasteiger partial charge in [0.25, 0.3) is 10.0 Å². The van der Waals surface area contributed by atoms with Crippen LogP contribution in [0, 0.1) is 11.6 Å². The van der Waals surface area contributed by atoms with E-state index in [0.29, 0.717) is 17.9 Å². The van der Waals surface area contributed by atoms with Crippen molar-refractivity contribution in [2.45, 2.75) is 11.4 Å². The minimum absolute atomic E-state index is 0.111. The standard InChI is InChI=1S/C19H16F2N4O3S/c20-16-6-4-14(9-17(16)21)25-29(27,28)15-5-7-18(24-11-15)23-10-12-2-1-3-13(8-12)19(22)26/h1-9,11,25H,10H2,(H2,22,26)(H,23,24). The molecule has 0 radical (unpaired) electrons. The smallest absolute Gasteiger partial charge is 0.263 e. The number of sulfonamides is 1. The maximum Gasteiger partial charge on any atom is 0.263 e. The van der Waals surface area contributed by atoms with Gasteiger partial charge in [0.05, 0.1) is 5.69 Å². The molecule has 0 aliphatic heterocycles. The number of primary amides is 1. The van der Waals surface area contributed by atoms with Gasteiger partial charge in [0.15, 0.2) is 11.6 Å². The molecule has 2 aromatic carbocycles. The molecular weight excluding hydrogens is 402 g/mol. The Morgan fingerprint density at radius 2 is 1.83 bits per heavy atom. The summed E-state index contributed by atoms with van der Waals surface area (Å²) in [6.07, 6.45) is 1.13. The lowest BCUT2D eigenvalue weighted by molar-refractivity contribution is 0.1000. The highest BCUT2D eigenvalue weighted by molar-refractivity contribution is 7.92. The van der Waals surface area contributed by atoms with E-state index in [-0.39, 0.29) is 10.6 Å². The average Bonchev–Trinajstić information content (AvgIpc) is 2.69. The third-order valence-corrected chi connectivity index (χ3v) is 5.27. The Hall–Kier alpha value is -3.53.